The first-order chi connectivity index (χ1) is 9.61. The van der Waals surface area contributed by atoms with E-state index in [1.807, 2.05) is 6.92 Å². The van der Waals surface area contributed by atoms with Gasteiger partial charge < -0.3 is 10.1 Å². The van der Waals surface area contributed by atoms with Crippen molar-refractivity contribution in [3.8, 4) is 11.5 Å². The zero-order valence-corrected chi connectivity index (χ0v) is 11.7. The van der Waals surface area contributed by atoms with Crippen LogP contribution in [0.5, 0.6) is 11.5 Å². The van der Waals surface area contributed by atoms with E-state index < -0.39 is 11.6 Å². The molecule has 0 aliphatic heterocycles. The fourth-order valence-electron chi connectivity index (χ4n) is 1.73. The smallest absolute Gasteiger partial charge is 0.201 e. The Morgan fingerprint density at radius 2 is 1.95 bits per heavy atom. The van der Waals surface area contributed by atoms with Crippen molar-refractivity contribution in [3.63, 3.8) is 0 Å². The number of benzene rings is 2. The molecule has 2 nitrogen and oxygen atoms in total. The quantitative estimate of drug-likeness (QED) is 0.876. The summed E-state index contributed by atoms with van der Waals surface area (Å²) in [5.41, 5.74) is 0.781. The number of hydrogen-bond acceptors (Lipinski definition) is 2. The van der Waals surface area contributed by atoms with Gasteiger partial charge in [0.15, 0.2) is 11.6 Å². The Kier molecular flexibility index (Phi) is 4.93. The van der Waals surface area contributed by atoms with Gasteiger partial charge in [0.2, 0.25) is 5.82 Å². The molecule has 0 fully saturated rings. The van der Waals surface area contributed by atoms with Crippen molar-refractivity contribution in [1.29, 1.82) is 0 Å². The minimum Gasteiger partial charge on any atom is -0.454 e. The predicted octanol–water partition coefficient (Wildman–Crippen LogP) is 4.52. The molecule has 0 amide bonds. The molecule has 0 aliphatic carbocycles. The van der Waals surface area contributed by atoms with E-state index in [1.165, 1.54) is 12.1 Å². The normalized spacial score (nSPS) is 10.6. The van der Waals surface area contributed by atoms with Crippen molar-refractivity contribution in [1.82, 2.24) is 5.32 Å². The van der Waals surface area contributed by atoms with E-state index in [0.717, 1.165) is 18.2 Å². The van der Waals surface area contributed by atoms with Gasteiger partial charge in [0.25, 0.3) is 0 Å². The number of nitrogens with one attached hydrogen (secondary N) is 1. The lowest BCUT2D eigenvalue weighted by Crippen LogP contribution is -2.12. The van der Waals surface area contributed by atoms with Crippen LogP contribution in [-0.4, -0.2) is 6.54 Å². The predicted molar refractivity (Wildman–Crippen MR) is 75.3 cm³/mol. The molecular weight excluding hydrogens is 284 g/mol. The average molecular weight is 298 g/mol. The van der Waals surface area contributed by atoms with Crippen LogP contribution in [0.25, 0.3) is 0 Å². The Labute approximate surface area is 121 Å². The molecule has 0 aliphatic rings. The van der Waals surface area contributed by atoms with Crippen molar-refractivity contribution >= 4 is 11.6 Å². The summed E-state index contributed by atoms with van der Waals surface area (Å²) in [7, 11) is 0. The first-order valence-electron chi connectivity index (χ1n) is 6.23. The number of halogens is 3. The zero-order valence-electron chi connectivity index (χ0n) is 10.9. The highest BCUT2D eigenvalue weighted by Gasteiger charge is 2.12. The van der Waals surface area contributed by atoms with Crippen LogP contribution in [0.3, 0.4) is 0 Å². The van der Waals surface area contributed by atoms with E-state index in [0.29, 0.717) is 17.3 Å². The first kappa shape index (κ1) is 14.8. The summed E-state index contributed by atoms with van der Waals surface area (Å²) in [4.78, 5) is 0. The molecule has 0 spiro atoms. The van der Waals surface area contributed by atoms with Crippen molar-refractivity contribution in [2.24, 2.45) is 0 Å². The van der Waals surface area contributed by atoms with E-state index >= 15 is 0 Å². The molecule has 2 aromatic carbocycles. The van der Waals surface area contributed by atoms with Gasteiger partial charge >= 0.3 is 0 Å². The SMILES string of the molecule is CCNCc1cc(Cl)ccc1Oc1cccc(F)c1F. The molecule has 0 saturated carbocycles. The van der Waals surface area contributed by atoms with Crippen molar-refractivity contribution in [2.75, 3.05) is 6.54 Å². The lowest BCUT2D eigenvalue weighted by molar-refractivity contribution is 0.412. The lowest BCUT2D eigenvalue weighted by atomic mass is 10.2. The summed E-state index contributed by atoms with van der Waals surface area (Å²) in [5, 5.41) is 3.70. The molecule has 2 aromatic rings. The summed E-state index contributed by atoms with van der Waals surface area (Å²) in [6.07, 6.45) is 0. The van der Waals surface area contributed by atoms with Crippen LogP contribution >= 0.6 is 11.6 Å². The molecule has 0 heterocycles. The van der Waals surface area contributed by atoms with Crippen LogP contribution in [0.15, 0.2) is 36.4 Å². The molecule has 2 rings (SSSR count). The molecule has 1 N–H and O–H groups in total. The molecule has 5 heteroatoms. The van der Waals surface area contributed by atoms with Crippen LogP contribution in [0.2, 0.25) is 5.02 Å². The summed E-state index contributed by atoms with van der Waals surface area (Å²) in [6, 6.07) is 8.83. The number of ether oxygens (including phenoxy) is 1. The van der Waals surface area contributed by atoms with Gasteiger partial charge in [0, 0.05) is 17.1 Å². The topological polar surface area (TPSA) is 21.3 Å². The third-order valence-corrected chi connectivity index (χ3v) is 2.96. The molecular formula is C15H14ClF2NO. The summed E-state index contributed by atoms with van der Waals surface area (Å²) < 4.78 is 32.2. The average Bonchev–Trinajstić information content (AvgIpc) is 2.44. The first-order valence-corrected chi connectivity index (χ1v) is 6.60. The van der Waals surface area contributed by atoms with E-state index in [1.54, 1.807) is 18.2 Å². The molecule has 0 atom stereocenters. The molecule has 0 radical (unpaired) electrons. The van der Waals surface area contributed by atoms with Crippen LogP contribution in [0, 0.1) is 11.6 Å². The second-order valence-electron chi connectivity index (χ2n) is 4.19. The Balaban J connectivity index is 2.30. The highest BCUT2D eigenvalue weighted by atomic mass is 35.5. The van der Waals surface area contributed by atoms with Gasteiger partial charge in [0.1, 0.15) is 5.75 Å². The van der Waals surface area contributed by atoms with Crippen molar-refractivity contribution in [2.45, 2.75) is 13.5 Å². The number of hydrogen-bond donors (Lipinski definition) is 1. The summed E-state index contributed by atoms with van der Waals surface area (Å²) >= 11 is 5.94. The Morgan fingerprint density at radius 3 is 2.70 bits per heavy atom. The Hall–Kier alpha value is -1.65. The molecule has 0 saturated heterocycles. The molecule has 20 heavy (non-hydrogen) atoms. The van der Waals surface area contributed by atoms with Crippen molar-refractivity contribution in [3.05, 3.63) is 58.6 Å². The van der Waals surface area contributed by atoms with Gasteiger partial charge in [-0.05, 0) is 36.9 Å². The maximum absolute atomic E-state index is 13.6. The fraction of sp³-hybridized carbons (Fsp3) is 0.200. The maximum atomic E-state index is 13.6. The minimum absolute atomic E-state index is 0.148. The maximum Gasteiger partial charge on any atom is 0.201 e. The van der Waals surface area contributed by atoms with E-state index in [2.05, 4.69) is 5.32 Å². The largest absolute Gasteiger partial charge is 0.454 e. The van der Waals surface area contributed by atoms with Gasteiger partial charge in [0.05, 0.1) is 0 Å². The number of rotatable bonds is 5. The van der Waals surface area contributed by atoms with Gasteiger partial charge in [-0.15, -0.1) is 0 Å². The molecule has 0 bridgehead atoms. The van der Waals surface area contributed by atoms with Crippen LogP contribution in [-0.2, 0) is 6.54 Å². The van der Waals surface area contributed by atoms with Crippen LogP contribution in [0.4, 0.5) is 8.78 Å². The van der Waals surface area contributed by atoms with Gasteiger partial charge in [-0.3, -0.25) is 0 Å². The summed E-state index contributed by atoms with van der Waals surface area (Å²) in [6.45, 7) is 3.28. The van der Waals surface area contributed by atoms with Gasteiger partial charge in [-0.1, -0.05) is 24.6 Å². The summed E-state index contributed by atoms with van der Waals surface area (Å²) in [5.74, 6) is -1.65. The molecule has 0 aromatic heterocycles. The second-order valence-corrected chi connectivity index (χ2v) is 4.62. The van der Waals surface area contributed by atoms with E-state index in [9.17, 15) is 8.78 Å². The lowest BCUT2D eigenvalue weighted by Gasteiger charge is -2.12. The second kappa shape index (κ2) is 6.68. The van der Waals surface area contributed by atoms with Gasteiger partial charge in [-0.2, -0.15) is 4.39 Å². The Morgan fingerprint density at radius 1 is 1.15 bits per heavy atom. The highest BCUT2D eigenvalue weighted by molar-refractivity contribution is 6.30. The third-order valence-electron chi connectivity index (χ3n) is 2.72. The highest BCUT2D eigenvalue weighted by Crippen LogP contribution is 2.30. The fourth-order valence-corrected chi connectivity index (χ4v) is 1.92. The van der Waals surface area contributed by atoms with Crippen LogP contribution in [0.1, 0.15) is 12.5 Å². The van der Waals surface area contributed by atoms with E-state index in [4.69, 9.17) is 16.3 Å². The van der Waals surface area contributed by atoms with Crippen LogP contribution < -0.4 is 10.1 Å². The molecule has 0 unspecified atom stereocenters. The van der Waals surface area contributed by atoms with Gasteiger partial charge in [-0.25, -0.2) is 4.39 Å². The zero-order chi connectivity index (χ0) is 14.5. The van der Waals surface area contributed by atoms with E-state index in [-0.39, 0.29) is 5.75 Å². The third kappa shape index (κ3) is 3.46. The molecule has 106 valence electrons. The monoisotopic (exact) mass is 297 g/mol. The standard InChI is InChI=1S/C15H14ClF2NO/c1-2-19-9-10-8-11(16)6-7-13(10)20-14-5-3-4-12(17)15(14)18/h3-8,19H,2,9H2,1H3. The minimum atomic E-state index is -1.00. The Bertz CT molecular complexity index is 604. The van der Waals surface area contributed by atoms with Crippen molar-refractivity contribution < 1.29 is 13.5 Å².